The van der Waals surface area contributed by atoms with Gasteiger partial charge in [-0.2, -0.15) is 4.39 Å². The summed E-state index contributed by atoms with van der Waals surface area (Å²) in [5.74, 6) is -1.88. The molecule has 0 N–H and O–H groups in total. The number of benzene rings is 1. The van der Waals surface area contributed by atoms with Crippen molar-refractivity contribution in [3.63, 3.8) is 0 Å². The molecule has 0 bridgehead atoms. The number of nitro groups is 1. The van der Waals surface area contributed by atoms with Crippen LogP contribution in [0.3, 0.4) is 0 Å². The van der Waals surface area contributed by atoms with Crippen molar-refractivity contribution in [3.8, 4) is 0 Å². The Balaban J connectivity index is 2.53. The first-order valence-electron chi connectivity index (χ1n) is 6.03. The van der Waals surface area contributed by atoms with Gasteiger partial charge in [0.1, 0.15) is 0 Å². The minimum Gasteiger partial charge on any atom is -0.380 e. The number of ether oxygens (including phenoxy) is 2. The fourth-order valence-electron chi connectivity index (χ4n) is 2.19. The Morgan fingerprint density at radius 3 is 2.65 bits per heavy atom. The molecule has 6 nitrogen and oxygen atoms in total. The Morgan fingerprint density at radius 2 is 2.10 bits per heavy atom. The van der Waals surface area contributed by atoms with Crippen LogP contribution in [0, 0.1) is 21.7 Å². The quantitative estimate of drug-likeness (QED) is 0.625. The zero-order chi connectivity index (χ0) is 14.7. The van der Waals surface area contributed by atoms with Crippen molar-refractivity contribution in [1.29, 1.82) is 0 Å². The normalized spacial score (nSPS) is 15.4. The number of nitrogens with zero attached hydrogens (tertiary/aromatic N) is 2. The van der Waals surface area contributed by atoms with Gasteiger partial charge in [-0.15, -0.1) is 0 Å². The zero-order valence-electron chi connectivity index (χ0n) is 10.9. The van der Waals surface area contributed by atoms with Crippen LogP contribution in [0.2, 0.25) is 0 Å². The molecule has 0 saturated carbocycles. The van der Waals surface area contributed by atoms with Gasteiger partial charge in [0.05, 0.1) is 36.5 Å². The van der Waals surface area contributed by atoms with Gasteiger partial charge in [0.2, 0.25) is 5.82 Å². The SMILES string of the molecule is COCc1c(F)c([N+](=O)[O-])cc(F)c1N1CCOCC1. The average molecular weight is 288 g/mol. The first-order chi connectivity index (χ1) is 9.56. The van der Waals surface area contributed by atoms with Crippen LogP contribution in [-0.2, 0) is 16.1 Å². The highest BCUT2D eigenvalue weighted by atomic mass is 19.1. The Kier molecular flexibility index (Phi) is 4.46. The van der Waals surface area contributed by atoms with E-state index in [1.807, 2.05) is 0 Å². The zero-order valence-corrected chi connectivity index (χ0v) is 10.9. The Bertz CT molecular complexity index is 519. The molecule has 110 valence electrons. The van der Waals surface area contributed by atoms with Gasteiger partial charge in [-0.3, -0.25) is 10.1 Å². The molecular weight excluding hydrogens is 274 g/mol. The van der Waals surface area contributed by atoms with Gasteiger partial charge in [0, 0.05) is 25.8 Å². The van der Waals surface area contributed by atoms with Crippen molar-refractivity contribution >= 4 is 11.4 Å². The summed E-state index contributed by atoms with van der Waals surface area (Å²) in [6.45, 7) is 1.34. The van der Waals surface area contributed by atoms with E-state index < -0.39 is 22.2 Å². The molecule has 8 heteroatoms. The van der Waals surface area contributed by atoms with Gasteiger partial charge in [-0.05, 0) is 0 Å². The number of anilines is 1. The van der Waals surface area contributed by atoms with E-state index in [-0.39, 0.29) is 17.9 Å². The molecule has 0 unspecified atom stereocenters. The second kappa shape index (κ2) is 6.10. The van der Waals surface area contributed by atoms with E-state index in [0.717, 1.165) is 0 Å². The second-order valence-corrected chi connectivity index (χ2v) is 4.31. The van der Waals surface area contributed by atoms with E-state index in [9.17, 15) is 18.9 Å². The predicted molar refractivity (Wildman–Crippen MR) is 66.8 cm³/mol. The number of nitro benzene ring substituents is 1. The van der Waals surface area contributed by atoms with Gasteiger partial charge in [0.15, 0.2) is 5.82 Å². The van der Waals surface area contributed by atoms with Crippen molar-refractivity contribution in [2.45, 2.75) is 6.61 Å². The summed E-state index contributed by atoms with van der Waals surface area (Å²) in [6, 6.07) is 0.610. The smallest absolute Gasteiger partial charge is 0.308 e. The van der Waals surface area contributed by atoms with Crippen molar-refractivity contribution in [3.05, 3.63) is 33.4 Å². The molecule has 0 atom stereocenters. The van der Waals surface area contributed by atoms with Crippen molar-refractivity contribution in [1.82, 2.24) is 0 Å². The lowest BCUT2D eigenvalue weighted by Gasteiger charge is -2.30. The number of hydrogen-bond acceptors (Lipinski definition) is 5. The maximum atomic E-state index is 14.2. The van der Waals surface area contributed by atoms with Gasteiger partial charge >= 0.3 is 5.69 Å². The Morgan fingerprint density at radius 1 is 1.45 bits per heavy atom. The largest absolute Gasteiger partial charge is 0.380 e. The molecule has 1 aromatic rings. The summed E-state index contributed by atoms with van der Waals surface area (Å²) in [5, 5.41) is 10.7. The van der Waals surface area contributed by atoms with Crippen LogP contribution < -0.4 is 4.90 Å². The van der Waals surface area contributed by atoms with Crippen LogP contribution in [0.1, 0.15) is 5.56 Å². The highest BCUT2D eigenvalue weighted by Gasteiger charge is 2.28. The van der Waals surface area contributed by atoms with E-state index in [1.165, 1.54) is 7.11 Å². The highest BCUT2D eigenvalue weighted by molar-refractivity contribution is 5.60. The van der Waals surface area contributed by atoms with Crippen LogP contribution in [0.4, 0.5) is 20.2 Å². The van der Waals surface area contributed by atoms with Gasteiger partial charge < -0.3 is 14.4 Å². The van der Waals surface area contributed by atoms with Gasteiger partial charge in [0.25, 0.3) is 0 Å². The van der Waals surface area contributed by atoms with Crippen molar-refractivity contribution in [2.75, 3.05) is 38.3 Å². The van der Waals surface area contributed by atoms with E-state index in [0.29, 0.717) is 32.4 Å². The molecule has 1 aromatic carbocycles. The molecule has 0 amide bonds. The standard InChI is InChI=1S/C12H14F2N2O4/c1-19-7-8-11(14)10(16(17)18)6-9(13)12(8)15-2-4-20-5-3-15/h6H,2-5,7H2,1H3. The average Bonchev–Trinajstić information content (AvgIpc) is 2.43. The minimum absolute atomic E-state index is 0.0123. The molecule has 0 aliphatic carbocycles. The number of methoxy groups -OCH3 is 1. The molecular formula is C12H14F2N2O4. The van der Waals surface area contributed by atoms with Crippen molar-refractivity contribution in [2.24, 2.45) is 0 Å². The predicted octanol–water partition coefficient (Wildman–Crippen LogP) is 1.86. The summed E-state index contributed by atoms with van der Waals surface area (Å²) < 4.78 is 38.3. The highest BCUT2D eigenvalue weighted by Crippen LogP contribution is 2.33. The van der Waals surface area contributed by atoms with Crippen LogP contribution in [0.25, 0.3) is 0 Å². The monoisotopic (exact) mass is 288 g/mol. The molecule has 2 rings (SSSR count). The maximum absolute atomic E-state index is 14.2. The van der Waals surface area contributed by atoms with E-state index in [2.05, 4.69) is 0 Å². The van der Waals surface area contributed by atoms with E-state index in [4.69, 9.17) is 9.47 Å². The lowest BCUT2D eigenvalue weighted by Crippen LogP contribution is -2.37. The van der Waals surface area contributed by atoms with Crippen LogP contribution in [0.5, 0.6) is 0 Å². The minimum atomic E-state index is -1.06. The number of rotatable bonds is 4. The third-order valence-corrected chi connectivity index (χ3v) is 3.08. The summed E-state index contributed by atoms with van der Waals surface area (Å²) in [6.07, 6.45) is 0. The summed E-state index contributed by atoms with van der Waals surface area (Å²) in [5.41, 5.74) is -1.01. The first kappa shape index (κ1) is 14.6. The second-order valence-electron chi connectivity index (χ2n) is 4.31. The number of hydrogen-bond donors (Lipinski definition) is 0. The van der Waals surface area contributed by atoms with E-state index in [1.54, 1.807) is 4.90 Å². The Hall–Kier alpha value is -1.80. The van der Waals surface area contributed by atoms with Gasteiger partial charge in [-0.25, -0.2) is 4.39 Å². The van der Waals surface area contributed by atoms with Crippen LogP contribution >= 0.6 is 0 Å². The summed E-state index contributed by atoms with van der Waals surface area (Å²) >= 11 is 0. The molecule has 20 heavy (non-hydrogen) atoms. The maximum Gasteiger partial charge on any atom is 0.308 e. The molecule has 1 saturated heterocycles. The van der Waals surface area contributed by atoms with Gasteiger partial charge in [-0.1, -0.05) is 0 Å². The molecule has 1 aliphatic rings. The molecule has 0 radical (unpaired) electrons. The van der Waals surface area contributed by atoms with Crippen molar-refractivity contribution < 1.29 is 23.2 Å². The summed E-state index contributed by atoms with van der Waals surface area (Å²) in [7, 11) is 1.32. The molecule has 1 fully saturated rings. The summed E-state index contributed by atoms with van der Waals surface area (Å²) in [4.78, 5) is 11.4. The molecule has 1 heterocycles. The molecule has 0 aromatic heterocycles. The number of morpholine rings is 1. The Labute approximate surface area is 114 Å². The molecule has 0 spiro atoms. The van der Waals surface area contributed by atoms with Crippen LogP contribution in [-0.4, -0.2) is 38.3 Å². The fourth-order valence-corrected chi connectivity index (χ4v) is 2.19. The number of halogens is 2. The van der Waals surface area contributed by atoms with E-state index >= 15 is 0 Å². The third-order valence-electron chi connectivity index (χ3n) is 3.08. The van der Waals surface area contributed by atoms with Crippen LogP contribution in [0.15, 0.2) is 6.07 Å². The fraction of sp³-hybridized carbons (Fsp3) is 0.500. The topological polar surface area (TPSA) is 64.8 Å². The first-order valence-corrected chi connectivity index (χ1v) is 6.03. The lowest BCUT2D eigenvalue weighted by atomic mass is 10.1. The lowest BCUT2D eigenvalue weighted by molar-refractivity contribution is -0.387. The molecule has 1 aliphatic heterocycles. The third kappa shape index (κ3) is 2.70.